The molecule has 0 aliphatic heterocycles. The van der Waals surface area contributed by atoms with E-state index in [-0.39, 0.29) is 5.69 Å². The van der Waals surface area contributed by atoms with Gasteiger partial charge in [0.15, 0.2) is 5.69 Å². The fourth-order valence-corrected chi connectivity index (χ4v) is 2.72. The highest BCUT2D eigenvalue weighted by Crippen LogP contribution is 2.33. The number of H-pyrrole nitrogens is 1. The molecule has 0 aromatic carbocycles. The number of nitrogens with one attached hydrogen (secondary N) is 1. The van der Waals surface area contributed by atoms with Crippen LogP contribution in [0.4, 0.5) is 0 Å². The molecular weight excluding hydrogens is 250 g/mol. The molecule has 0 saturated carbocycles. The molecule has 3 aromatic heterocycles. The summed E-state index contributed by atoms with van der Waals surface area (Å²) in [4.78, 5) is 20.5. The van der Waals surface area contributed by atoms with Gasteiger partial charge in [0, 0.05) is 22.8 Å². The number of fused-ring (bicyclic) bond motifs is 1. The van der Waals surface area contributed by atoms with E-state index in [4.69, 9.17) is 5.73 Å². The lowest BCUT2D eigenvalue weighted by Gasteiger charge is -1.95. The van der Waals surface area contributed by atoms with Gasteiger partial charge in [-0.3, -0.25) is 9.89 Å². The Morgan fingerprint density at radius 1 is 1.39 bits per heavy atom. The van der Waals surface area contributed by atoms with Crippen LogP contribution in [0, 0.1) is 6.92 Å². The Bertz CT molecular complexity index is 728. The number of hydrogen-bond donors (Lipinski definition) is 2. The summed E-state index contributed by atoms with van der Waals surface area (Å²) in [6.45, 7) is 1.83. The molecule has 0 aliphatic carbocycles. The van der Waals surface area contributed by atoms with E-state index >= 15 is 0 Å². The number of nitrogens with two attached hydrogens (primary N) is 1. The summed E-state index contributed by atoms with van der Waals surface area (Å²) in [5, 5.41) is 6.67. The molecule has 0 atom stereocenters. The zero-order chi connectivity index (χ0) is 12.7. The van der Waals surface area contributed by atoms with Crippen molar-refractivity contribution in [2.45, 2.75) is 6.92 Å². The second-order valence-corrected chi connectivity index (χ2v) is 4.86. The maximum atomic E-state index is 11.2. The predicted octanol–water partition coefficient (Wildman–Crippen LogP) is 1.49. The summed E-state index contributed by atoms with van der Waals surface area (Å²) in [6, 6.07) is 1.91. The average molecular weight is 259 g/mol. The lowest BCUT2D eigenvalue weighted by atomic mass is 10.2. The molecule has 0 bridgehead atoms. The highest BCUT2D eigenvalue weighted by atomic mass is 32.1. The van der Waals surface area contributed by atoms with Crippen LogP contribution >= 0.6 is 11.3 Å². The maximum absolute atomic E-state index is 11.2. The zero-order valence-electron chi connectivity index (χ0n) is 9.47. The Hall–Kier alpha value is -2.28. The Labute approximate surface area is 106 Å². The Morgan fingerprint density at radius 3 is 2.78 bits per heavy atom. The molecule has 0 radical (unpaired) electrons. The fourth-order valence-electron chi connectivity index (χ4n) is 1.65. The van der Waals surface area contributed by atoms with Crippen molar-refractivity contribution in [2.24, 2.45) is 5.73 Å². The first-order valence-corrected chi connectivity index (χ1v) is 6.03. The van der Waals surface area contributed by atoms with Gasteiger partial charge in [-0.05, 0) is 13.0 Å². The number of rotatable bonds is 2. The van der Waals surface area contributed by atoms with Gasteiger partial charge in [-0.15, -0.1) is 11.3 Å². The van der Waals surface area contributed by atoms with Crippen molar-refractivity contribution in [3.8, 4) is 10.4 Å². The molecule has 90 valence electrons. The van der Waals surface area contributed by atoms with Crippen LogP contribution in [0.5, 0.6) is 0 Å². The van der Waals surface area contributed by atoms with Gasteiger partial charge < -0.3 is 5.73 Å². The van der Waals surface area contributed by atoms with Gasteiger partial charge in [0.1, 0.15) is 5.82 Å². The van der Waals surface area contributed by atoms with Crippen LogP contribution in [0.25, 0.3) is 20.7 Å². The van der Waals surface area contributed by atoms with Gasteiger partial charge in [0.2, 0.25) is 0 Å². The van der Waals surface area contributed by atoms with Crippen molar-refractivity contribution in [1.82, 2.24) is 20.2 Å². The highest BCUT2D eigenvalue weighted by Gasteiger charge is 2.15. The largest absolute Gasteiger partial charge is 0.364 e. The van der Waals surface area contributed by atoms with Crippen LogP contribution in [-0.2, 0) is 0 Å². The Morgan fingerprint density at radius 2 is 2.11 bits per heavy atom. The summed E-state index contributed by atoms with van der Waals surface area (Å²) in [7, 11) is 0. The highest BCUT2D eigenvalue weighted by molar-refractivity contribution is 7.22. The number of primary amides is 1. The predicted molar refractivity (Wildman–Crippen MR) is 68.3 cm³/mol. The molecule has 1 amide bonds. The van der Waals surface area contributed by atoms with Crippen LogP contribution in [0.15, 0.2) is 18.5 Å². The summed E-state index contributed by atoms with van der Waals surface area (Å²) >= 11 is 1.44. The molecule has 0 saturated heterocycles. The van der Waals surface area contributed by atoms with E-state index in [9.17, 15) is 4.79 Å². The summed E-state index contributed by atoms with van der Waals surface area (Å²) in [5.74, 6) is 0.190. The molecule has 3 heterocycles. The molecule has 3 aromatic rings. The first-order valence-electron chi connectivity index (χ1n) is 5.22. The smallest absolute Gasteiger partial charge is 0.270 e. The van der Waals surface area contributed by atoms with Gasteiger partial charge in [-0.1, -0.05) is 0 Å². The van der Waals surface area contributed by atoms with Crippen molar-refractivity contribution < 1.29 is 4.79 Å². The minimum atomic E-state index is -0.533. The summed E-state index contributed by atoms with van der Waals surface area (Å²) < 4.78 is 0.762. The minimum absolute atomic E-state index is 0.272. The minimum Gasteiger partial charge on any atom is -0.364 e. The van der Waals surface area contributed by atoms with E-state index in [1.165, 1.54) is 11.3 Å². The van der Waals surface area contributed by atoms with Crippen molar-refractivity contribution in [2.75, 3.05) is 0 Å². The molecule has 0 aliphatic rings. The lowest BCUT2D eigenvalue weighted by Crippen LogP contribution is -2.11. The average Bonchev–Trinajstić information content (AvgIpc) is 2.88. The van der Waals surface area contributed by atoms with Crippen molar-refractivity contribution in [1.29, 1.82) is 0 Å². The van der Waals surface area contributed by atoms with Gasteiger partial charge in [-0.2, -0.15) is 5.10 Å². The molecule has 0 spiro atoms. The molecule has 3 rings (SSSR count). The third kappa shape index (κ3) is 1.65. The lowest BCUT2D eigenvalue weighted by molar-refractivity contribution is 0.0997. The first-order chi connectivity index (χ1) is 8.65. The van der Waals surface area contributed by atoms with Crippen molar-refractivity contribution in [3.63, 3.8) is 0 Å². The standard InChI is InChI=1S/C11H9N5OS/c1-5-13-3-6(4-14-5)8-2-7-10(18-8)9(11(12)17)16-15-7/h2-4H,1H3,(H2,12,17)(H,15,16). The number of amides is 1. The van der Waals surface area contributed by atoms with Gasteiger partial charge in [0.05, 0.1) is 10.2 Å². The Balaban J connectivity index is 2.13. The van der Waals surface area contributed by atoms with E-state index in [2.05, 4.69) is 20.2 Å². The third-order valence-corrected chi connectivity index (χ3v) is 3.73. The first kappa shape index (κ1) is 10.8. The molecular formula is C11H9N5OS. The van der Waals surface area contributed by atoms with Crippen LogP contribution in [0.1, 0.15) is 16.3 Å². The Kier molecular flexibility index (Phi) is 2.34. The van der Waals surface area contributed by atoms with E-state index in [1.807, 2.05) is 13.0 Å². The van der Waals surface area contributed by atoms with E-state index < -0.39 is 5.91 Å². The number of nitrogens with zero attached hydrogens (tertiary/aromatic N) is 3. The zero-order valence-corrected chi connectivity index (χ0v) is 10.3. The van der Waals surface area contributed by atoms with Crippen LogP contribution < -0.4 is 5.73 Å². The van der Waals surface area contributed by atoms with Crippen LogP contribution in [0.3, 0.4) is 0 Å². The number of aryl methyl sites for hydroxylation is 1. The molecule has 0 unspecified atom stereocenters. The molecule has 7 heteroatoms. The quantitative estimate of drug-likeness (QED) is 0.728. The van der Waals surface area contributed by atoms with Crippen molar-refractivity contribution in [3.05, 3.63) is 30.0 Å². The fraction of sp³-hybridized carbons (Fsp3) is 0.0909. The van der Waals surface area contributed by atoms with E-state index in [0.717, 1.165) is 26.5 Å². The number of thiophene rings is 1. The van der Waals surface area contributed by atoms with Gasteiger partial charge in [-0.25, -0.2) is 9.97 Å². The summed E-state index contributed by atoms with van der Waals surface area (Å²) in [6.07, 6.45) is 3.51. The monoisotopic (exact) mass is 259 g/mol. The van der Waals surface area contributed by atoms with Crippen LogP contribution in [-0.4, -0.2) is 26.1 Å². The maximum Gasteiger partial charge on any atom is 0.270 e. The van der Waals surface area contributed by atoms with Gasteiger partial charge in [0.25, 0.3) is 5.91 Å². The van der Waals surface area contributed by atoms with E-state index in [0.29, 0.717) is 0 Å². The second kappa shape index (κ2) is 3.88. The third-order valence-electron chi connectivity index (χ3n) is 2.53. The van der Waals surface area contributed by atoms with Gasteiger partial charge >= 0.3 is 0 Å². The SMILES string of the molecule is Cc1ncc(-c2cc3[nH]nc(C(N)=O)c3s2)cn1. The number of aromatic amines is 1. The molecule has 0 fully saturated rings. The van der Waals surface area contributed by atoms with E-state index in [1.54, 1.807) is 12.4 Å². The molecule has 18 heavy (non-hydrogen) atoms. The normalized spacial score (nSPS) is 10.9. The number of carbonyl (C=O) groups is 1. The molecule has 6 nitrogen and oxygen atoms in total. The number of carbonyl (C=O) groups excluding carboxylic acids is 1. The number of hydrogen-bond acceptors (Lipinski definition) is 5. The molecule has 3 N–H and O–H groups in total. The topological polar surface area (TPSA) is 97.5 Å². The second-order valence-electron chi connectivity index (χ2n) is 3.81. The number of aromatic nitrogens is 4. The van der Waals surface area contributed by atoms with Crippen LogP contribution in [0.2, 0.25) is 0 Å². The summed E-state index contributed by atoms with van der Waals surface area (Å²) in [5.41, 5.74) is 7.23. The van der Waals surface area contributed by atoms with Crippen molar-refractivity contribution >= 4 is 27.5 Å².